The van der Waals surface area contributed by atoms with Crippen molar-refractivity contribution < 1.29 is 30.0 Å². The maximum absolute atomic E-state index is 13.9. The van der Waals surface area contributed by atoms with Crippen LogP contribution in [0.2, 0.25) is 0 Å². The second-order valence-electron chi connectivity index (χ2n) is 9.68. The first-order valence-corrected chi connectivity index (χ1v) is 11.8. The van der Waals surface area contributed by atoms with Crippen LogP contribution in [0, 0.1) is 19.8 Å². The summed E-state index contributed by atoms with van der Waals surface area (Å²) < 4.78 is 0. The maximum Gasteiger partial charge on any atom is 0.206 e. The molecule has 2 aliphatic rings. The van der Waals surface area contributed by atoms with E-state index in [1.807, 2.05) is 6.07 Å². The van der Waals surface area contributed by atoms with Crippen LogP contribution >= 0.6 is 12.4 Å². The number of aromatic hydroxyl groups is 2. The number of nitrogens with one attached hydrogen (secondary N) is 1. The Morgan fingerprint density at radius 2 is 1.71 bits per heavy atom. The number of hydrogen-bond donors (Lipinski definition) is 6. The number of fused-ring (bicyclic) bond motifs is 3. The molecule has 38 heavy (non-hydrogen) atoms. The summed E-state index contributed by atoms with van der Waals surface area (Å²) in [7, 11) is 0. The molecule has 7 N–H and O–H groups in total. The van der Waals surface area contributed by atoms with Crippen LogP contribution in [0.4, 0.5) is 5.69 Å². The summed E-state index contributed by atoms with van der Waals surface area (Å²) >= 11 is 0. The van der Waals surface area contributed by atoms with E-state index >= 15 is 0 Å². The van der Waals surface area contributed by atoms with Gasteiger partial charge >= 0.3 is 0 Å². The molecule has 0 saturated carbocycles. The number of aliphatic hydroxyl groups excluding tert-OH is 1. The van der Waals surface area contributed by atoms with Crippen LogP contribution in [0.5, 0.6) is 11.5 Å². The molecule has 0 aromatic heterocycles. The molecule has 3 atom stereocenters. The SMILES string of the molecule is C/C(=N\Nc1ccccc1)C1=C(O)[C@@]2(O)C(=O)c3c(c(C)c4ccc(C)c(O)c4c3O)C[C@H]2[C@@H](N)C1=O.Cl. The first-order chi connectivity index (χ1) is 17.5. The number of phenols is 2. The lowest BCUT2D eigenvalue weighted by atomic mass is 9.61. The molecule has 0 heterocycles. The van der Waals surface area contributed by atoms with Crippen LogP contribution in [-0.4, -0.2) is 49.3 Å². The molecule has 9 nitrogen and oxygen atoms in total. The average molecular weight is 538 g/mol. The summed E-state index contributed by atoms with van der Waals surface area (Å²) in [5.41, 5.74) is 8.08. The number of hydrazone groups is 1. The van der Waals surface area contributed by atoms with E-state index in [-0.39, 0.29) is 46.8 Å². The number of ketones is 2. The number of anilines is 1. The molecule has 5 rings (SSSR count). The van der Waals surface area contributed by atoms with Crippen LogP contribution in [0.3, 0.4) is 0 Å². The van der Waals surface area contributed by atoms with Gasteiger partial charge in [0.15, 0.2) is 11.4 Å². The Hall–Kier alpha value is -3.92. The predicted octanol–water partition coefficient (Wildman–Crippen LogP) is 3.59. The van der Waals surface area contributed by atoms with E-state index in [9.17, 15) is 30.0 Å². The molecule has 0 fully saturated rings. The zero-order valence-electron chi connectivity index (χ0n) is 20.9. The number of rotatable bonds is 3. The highest BCUT2D eigenvalue weighted by molar-refractivity contribution is 6.27. The fourth-order valence-electron chi connectivity index (χ4n) is 5.49. The van der Waals surface area contributed by atoms with Crippen molar-refractivity contribution in [2.75, 3.05) is 5.43 Å². The minimum absolute atomic E-state index is 0. The van der Waals surface area contributed by atoms with Crippen molar-refractivity contribution >= 4 is 46.1 Å². The highest BCUT2D eigenvalue weighted by Gasteiger charge is 2.60. The number of carbonyl (C=O) groups is 2. The van der Waals surface area contributed by atoms with E-state index in [1.54, 1.807) is 50.2 Å². The lowest BCUT2D eigenvalue weighted by Crippen LogP contribution is -2.63. The summed E-state index contributed by atoms with van der Waals surface area (Å²) in [4.78, 5) is 27.2. The van der Waals surface area contributed by atoms with Crippen LogP contribution in [0.15, 0.2) is 58.9 Å². The van der Waals surface area contributed by atoms with Gasteiger partial charge in [-0.05, 0) is 61.4 Å². The number of nitrogens with zero attached hydrogens (tertiary/aromatic N) is 1. The number of benzene rings is 3. The first kappa shape index (κ1) is 27.1. The van der Waals surface area contributed by atoms with E-state index < -0.39 is 40.6 Å². The molecular formula is C28H28ClN3O6. The molecule has 198 valence electrons. The molecular weight excluding hydrogens is 510 g/mol. The zero-order valence-corrected chi connectivity index (χ0v) is 21.8. The Morgan fingerprint density at radius 1 is 1.05 bits per heavy atom. The summed E-state index contributed by atoms with van der Waals surface area (Å²) in [5.74, 6) is -4.37. The number of carbonyl (C=O) groups excluding carboxylic acids is 2. The Balaban J connectivity index is 0.00000336. The molecule has 2 aliphatic carbocycles. The summed E-state index contributed by atoms with van der Waals surface area (Å²) in [6.07, 6.45) is -0.0513. The Labute approximate surface area is 224 Å². The third kappa shape index (κ3) is 3.65. The normalized spacial score (nSPS) is 23.1. The minimum Gasteiger partial charge on any atom is -0.508 e. The Morgan fingerprint density at radius 3 is 2.37 bits per heavy atom. The van der Waals surface area contributed by atoms with Gasteiger partial charge in [0.05, 0.1) is 34.0 Å². The van der Waals surface area contributed by atoms with E-state index in [4.69, 9.17) is 5.73 Å². The minimum atomic E-state index is -2.57. The van der Waals surface area contributed by atoms with Crippen molar-refractivity contribution in [3.05, 3.63) is 76.1 Å². The van der Waals surface area contributed by atoms with Gasteiger partial charge in [0.25, 0.3) is 0 Å². The quantitative estimate of drug-likeness (QED) is 0.218. The number of aryl methyl sites for hydroxylation is 2. The van der Waals surface area contributed by atoms with Crippen molar-refractivity contribution in [2.24, 2.45) is 16.8 Å². The second kappa shape index (κ2) is 9.43. The summed E-state index contributed by atoms with van der Waals surface area (Å²) in [6, 6.07) is 11.0. The molecule has 0 unspecified atom stereocenters. The van der Waals surface area contributed by atoms with E-state index in [2.05, 4.69) is 10.5 Å². The third-order valence-electron chi connectivity index (χ3n) is 7.61. The number of para-hydroxylation sites is 1. The molecule has 0 radical (unpaired) electrons. The van der Waals surface area contributed by atoms with Gasteiger partial charge in [-0.25, -0.2) is 0 Å². The number of halogens is 1. The van der Waals surface area contributed by atoms with Gasteiger partial charge in [-0.15, -0.1) is 12.4 Å². The van der Waals surface area contributed by atoms with Crippen LogP contribution in [-0.2, 0) is 11.2 Å². The van der Waals surface area contributed by atoms with Crippen molar-refractivity contribution in [2.45, 2.75) is 38.8 Å². The zero-order chi connectivity index (χ0) is 26.8. The van der Waals surface area contributed by atoms with Crippen molar-refractivity contribution in [1.29, 1.82) is 0 Å². The van der Waals surface area contributed by atoms with Crippen LogP contribution in [0.25, 0.3) is 10.8 Å². The maximum atomic E-state index is 13.9. The number of aliphatic hydroxyl groups is 2. The first-order valence-electron chi connectivity index (χ1n) is 11.8. The average Bonchev–Trinajstić information content (AvgIpc) is 2.88. The molecule has 0 bridgehead atoms. The van der Waals surface area contributed by atoms with Gasteiger partial charge in [-0.2, -0.15) is 5.10 Å². The van der Waals surface area contributed by atoms with Gasteiger partial charge in [0.2, 0.25) is 5.78 Å². The number of hydrogen-bond acceptors (Lipinski definition) is 9. The lowest BCUT2D eigenvalue weighted by molar-refractivity contribution is -0.122. The molecule has 0 aliphatic heterocycles. The number of nitrogens with two attached hydrogens (primary N) is 1. The standard InChI is InChI=1S/C28H27N3O6.ClH/c1-12-9-10-16-13(2)17-11-18-22(29)25(34)19(14(3)30-31-15-7-5-4-6-8-15)26(35)28(18,37)27(36)21(17)24(33)20(16)23(12)32;/h4-10,18,22,31-33,35,37H,11,29H2,1-3H3;1H/b30-14+;/t18-,22+,28+;/m0./s1. The second-order valence-corrected chi connectivity index (χ2v) is 9.68. The molecule has 0 amide bonds. The molecule has 0 saturated heterocycles. The van der Waals surface area contributed by atoms with Gasteiger partial charge in [0.1, 0.15) is 17.3 Å². The highest BCUT2D eigenvalue weighted by atomic mass is 35.5. The topological polar surface area (TPSA) is 165 Å². The van der Waals surface area contributed by atoms with E-state index in [0.717, 1.165) is 0 Å². The van der Waals surface area contributed by atoms with Crippen molar-refractivity contribution in [1.82, 2.24) is 0 Å². The Bertz CT molecular complexity index is 1570. The van der Waals surface area contributed by atoms with Gasteiger partial charge in [-0.1, -0.05) is 30.3 Å². The number of Topliss-reactive ketones (excluding diaryl/α,β-unsaturated/α-hetero) is 2. The largest absolute Gasteiger partial charge is 0.508 e. The number of phenolic OH excluding ortho intramolecular Hbond substituents is 2. The molecule has 3 aromatic carbocycles. The highest BCUT2D eigenvalue weighted by Crippen LogP contribution is 2.50. The van der Waals surface area contributed by atoms with Crippen molar-refractivity contribution in [3.63, 3.8) is 0 Å². The van der Waals surface area contributed by atoms with Crippen molar-refractivity contribution in [3.8, 4) is 11.5 Å². The third-order valence-corrected chi connectivity index (χ3v) is 7.61. The van der Waals surface area contributed by atoms with E-state index in [1.165, 1.54) is 6.92 Å². The molecule has 3 aromatic rings. The van der Waals surface area contributed by atoms with Gasteiger partial charge in [-0.3, -0.25) is 15.0 Å². The van der Waals surface area contributed by atoms with Gasteiger partial charge < -0.3 is 26.2 Å². The summed E-state index contributed by atoms with van der Waals surface area (Å²) in [5, 5.41) is 49.6. The van der Waals surface area contributed by atoms with E-state index in [0.29, 0.717) is 27.8 Å². The van der Waals surface area contributed by atoms with Gasteiger partial charge in [0, 0.05) is 5.92 Å². The monoisotopic (exact) mass is 537 g/mol. The molecule has 0 spiro atoms. The smallest absolute Gasteiger partial charge is 0.206 e. The summed E-state index contributed by atoms with van der Waals surface area (Å²) in [6.45, 7) is 4.84. The Kier molecular flexibility index (Phi) is 6.73. The van der Waals surface area contributed by atoms with Crippen LogP contribution in [0.1, 0.15) is 34.0 Å². The predicted molar refractivity (Wildman–Crippen MR) is 146 cm³/mol. The fourth-order valence-corrected chi connectivity index (χ4v) is 5.49. The lowest BCUT2D eigenvalue weighted by Gasteiger charge is -2.45. The fraction of sp³-hybridized carbons (Fsp3) is 0.250. The molecule has 10 heteroatoms. The van der Waals surface area contributed by atoms with Crippen LogP contribution < -0.4 is 11.2 Å².